The summed E-state index contributed by atoms with van der Waals surface area (Å²) in [7, 11) is 0. The Morgan fingerprint density at radius 3 is 2.00 bits per heavy atom. The summed E-state index contributed by atoms with van der Waals surface area (Å²) in [4.78, 5) is 29.6. The molecule has 0 saturated carbocycles. The number of rotatable bonds is 4. The van der Waals surface area contributed by atoms with Gasteiger partial charge >= 0.3 is 0 Å². The van der Waals surface area contributed by atoms with E-state index in [1.165, 1.54) is 0 Å². The maximum atomic E-state index is 13.2. The summed E-state index contributed by atoms with van der Waals surface area (Å²) in [5.41, 5.74) is 2.02. The second-order valence-corrected chi connectivity index (χ2v) is 6.78. The number of amides is 2. The first kappa shape index (κ1) is 16.8. The fraction of sp³-hybridized carbons (Fsp3) is 0.333. The van der Waals surface area contributed by atoms with Crippen molar-refractivity contribution in [3.8, 4) is 0 Å². The van der Waals surface area contributed by atoms with Crippen LogP contribution in [0.25, 0.3) is 0 Å². The van der Waals surface area contributed by atoms with E-state index < -0.39 is 12.3 Å². The van der Waals surface area contributed by atoms with E-state index in [0.717, 1.165) is 17.5 Å². The topological polar surface area (TPSA) is 49.9 Å². The van der Waals surface area contributed by atoms with Gasteiger partial charge in [-0.25, -0.2) is 0 Å². The van der Waals surface area contributed by atoms with Crippen molar-refractivity contribution in [3.05, 3.63) is 71.8 Å². The maximum Gasteiger partial charge on any atom is 0.273 e. The lowest BCUT2D eigenvalue weighted by molar-refractivity contribution is -0.190. The molecule has 0 radical (unpaired) electrons. The van der Waals surface area contributed by atoms with Crippen LogP contribution in [0.3, 0.4) is 0 Å². The third-order valence-corrected chi connectivity index (χ3v) is 5.01. The standard InChI is InChI=1S/C21H22N2O3/c24-19-18-12-7-13-26-21(23(19)15-17-10-5-2-6-11-17)20(25)22(18)14-16-8-3-1-4-9-16/h1-6,8-11,18,21H,7,12-15H2/t18-,21-/m1/s1. The highest BCUT2D eigenvalue weighted by Crippen LogP contribution is 2.28. The molecule has 2 atom stereocenters. The van der Waals surface area contributed by atoms with E-state index in [1.807, 2.05) is 60.7 Å². The first-order chi connectivity index (χ1) is 12.7. The fourth-order valence-corrected chi connectivity index (χ4v) is 3.69. The SMILES string of the molecule is O=C1[C@H]2OCCC[C@H](C(=O)N2Cc2ccccc2)N1Cc1ccccc1. The van der Waals surface area contributed by atoms with Crippen molar-refractivity contribution in [2.75, 3.05) is 6.61 Å². The number of hydrogen-bond donors (Lipinski definition) is 0. The van der Waals surface area contributed by atoms with E-state index in [9.17, 15) is 9.59 Å². The molecule has 3 aliphatic heterocycles. The second-order valence-electron chi connectivity index (χ2n) is 6.78. The lowest BCUT2D eigenvalue weighted by Gasteiger charge is -2.46. The number of carbonyl (C=O) groups excluding carboxylic acids is 2. The van der Waals surface area contributed by atoms with Gasteiger partial charge in [0, 0.05) is 19.7 Å². The van der Waals surface area contributed by atoms with Gasteiger partial charge in [-0.15, -0.1) is 0 Å². The van der Waals surface area contributed by atoms with Crippen LogP contribution in [-0.4, -0.2) is 40.5 Å². The lowest BCUT2D eigenvalue weighted by atomic mass is 10.0. The van der Waals surface area contributed by atoms with E-state index in [1.54, 1.807) is 9.80 Å². The van der Waals surface area contributed by atoms with Gasteiger partial charge in [0.2, 0.25) is 12.1 Å². The zero-order chi connectivity index (χ0) is 17.9. The van der Waals surface area contributed by atoms with Crippen molar-refractivity contribution in [1.29, 1.82) is 0 Å². The first-order valence-corrected chi connectivity index (χ1v) is 9.04. The van der Waals surface area contributed by atoms with Crippen LogP contribution in [0.5, 0.6) is 0 Å². The average molecular weight is 350 g/mol. The molecule has 0 aromatic heterocycles. The molecule has 2 bridgehead atoms. The molecule has 0 spiro atoms. The molecule has 2 aromatic rings. The summed E-state index contributed by atoms with van der Waals surface area (Å²) < 4.78 is 5.82. The summed E-state index contributed by atoms with van der Waals surface area (Å²) in [5.74, 6) is -0.136. The van der Waals surface area contributed by atoms with Crippen LogP contribution in [0.15, 0.2) is 60.7 Å². The molecule has 2 amide bonds. The summed E-state index contributed by atoms with van der Waals surface area (Å²) >= 11 is 0. The molecular weight excluding hydrogens is 328 g/mol. The fourth-order valence-electron chi connectivity index (χ4n) is 3.69. The van der Waals surface area contributed by atoms with E-state index in [0.29, 0.717) is 26.1 Å². The van der Waals surface area contributed by atoms with Gasteiger partial charge < -0.3 is 14.5 Å². The molecule has 3 saturated heterocycles. The largest absolute Gasteiger partial charge is 0.349 e. The smallest absolute Gasteiger partial charge is 0.273 e. The Bertz CT molecular complexity index is 711. The van der Waals surface area contributed by atoms with Crippen molar-refractivity contribution in [1.82, 2.24) is 9.80 Å². The van der Waals surface area contributed by atoms with Crippen molar-refractivity contribution >= 4 is 11.8 Å². The molecule has 3 heterocycles. The van der Waals surface area contributed by atoms with Crippen molar-refractivity contribution < 1.29 is 14.3 Å². The maximum absolute atomic E-state index is 13.2. The van der Waals surface area contributed by atoms with Crippen molar-refractivity contribution in [2.45, 2.75) is 38.2 Å². The Morgan fingerprint density at radius 2 is 1.38 bits per heavy atom. The quantitative estimate of drug-likeness (QED) is 0.852. The van der Waals surface area contributed by atoms with Crippen LogP contribution in [0.4, 0.5) is 0 Å². The van der Waals surface area contributed by atoms with Gasteiger partial charge in [-0.3, -0.25) is 9.59 Å². The van der Waals surface area contributed by atoms with E-state index >= 15 is 0 Å². The monoisotopic (exact) mass is 350 g/mol. The predicted molar refractivity (Wildman–Crippen MR) is 96.7 cm³/mol. The Morgan fingerprint density at radius 1 is 0.808 bits per heavy atom. The molecule has 5 rings (SSSR count). The zero-order valence-electron chi connectivity index (χ0n) is 14.6. The molecular formula is C21H22N2O3. The Balaban J connectivity index is 1.61. The minimum atomic E-state index is -0.831. The molecule has 26 heavy (non-hydrogen) atoms. The van der Waals surface area contributed by atoms with E-state index in [-0.39, 0.29) is 11.8 Å². The minimum absolute atomic E-state index is 0.0194. The van der Waals surface area contributed by atoms with Crippen LogP contribution >= 0.6 is 0 Å². The summed E-state index contributed by atoms with van der Waals surface area (Å²) in [6, 6.07) is 19.1. The highest BCUT2D eigenvalue weighted by atomic mass is 16.5. The minimum Gasteiger partial charge on any atom is -0.349 e. The van der Waals surface area contributed by atoms with Crippen molar-refractivity contribution in [3.63, 3.8) is 0 Å². The van der Waals surface area contributed by atoms with Gasteiger partial charge in [0.1, 0.15) is 6.04 Å². The third kappa shape index (κ3) is 3.22. The predicted octanol–water partition coefficient (Wildman–Crippen LogP) is 2.56. The van der Waals surface area contributed by atoms with Gasteiger partial charge in [0.15, 0.2) is 0 Å². The normalized spacial score (nSPS) is 23.1. The van der Waals surface area contributed by atoms with Crippen LogP contribution in [0.1, 0.15) is 24.0 Å². The van der Waals surface area contributed by atoms with Crippen LogP contribution in [0, 0.1) is 0 Å². The van der Waals surface area contributed by atoms with Gasteiger partial charge in [-0.2, -0.15) is 0 Å². The van der Waals surface area contributed by atoms with E-state index in [4.69, 9.17) is 4.74 Å². The first-order valence-electron chi connectivity index (χ1n) is 9.04. The Hall–Kier alpha value is -2.66. The van der Waals surface area contributed by atoms with Gasteiger partial charge in [0.05, 0.1) is 0 Å². The third-order valence-electron chi connectivity index (χ3n) is 5.01. The van der Waals surface area contributed by atoms with Gasteiger partial charge in [-0.1, -0.05) is 60.7 Å². The van der Waals surface area contributed by atoms with Crippen molar-refractivity contribution in [2.24, 2.45) is 0 Å². The number of ether oxygens (including phenoxy) is 1. The zero-order valence-corrected chi connectivity index (χ0v) is 14.6. The summed E-state index contributed by atoms with van der Waals surface area (Å²) in [6.45, 7) is 1.34. The second kappa shape index (κ2) is 7.30. The molecule has 134 valence electrons. The summed E-state index contributed by atoms with van der Waals surface area (Å²) in [5, 5.41) is 0. The van der Waals surface area contributed by atoms with E-state index in [2.05, 4.69) is 0 Å². The number of nitrogens with zero attached hydrogens (tertiary/aromatic N) is 2. The average Bonchev–Trinajstić information content (AvgIpc) is 2.66. The molecule has 0 N–H and O–H groups in total. The molecule has 3 fully saturated rings. The summed E-state index contributed by atoms with van der Waals surface area (Å²) in [6.07, 6.45) is 0.586. The van der Waals surface area contributed by atoms with Crippen LogP contribution in [0.2, 0.25) is 0 Å². The molecule has 2 aromatic carbocycles. The Labute approximate surface area is 153 Å². The Kier molecular flexibility index (Phi) is 4.71. The molecule has 5 heteroatoms. The highest BCUT2D eigenvalue weighted by Gasteiger charge is 2.47. The van der Waals surface area contributed by atoms with Gasteiger partial charge in [0.25, 0.3) is 5.91 Å². The molecule has 0 aliphatic carbocycles. The number of benzene rings is 2. The number of carbonyl (C=O) groups is 2. The highest BCUT2D eigenvalue weighted by molar-refractivity contribution is 5.96. The van der Waals surface area contributed by atoms with Gasteiger partial charge in [-0.05, 0) is 24.0 Å². The van der Waals surface area contributed by atoms with Crippen LogP contribution < -0.4 is 0 Å². The molecule has 3 aliphatic rings. The lowest BCUT2D eigenvalue weighted by Crippen LogP contribution is -2.65. The van der Waals surface area contributed by atoms with Crippen LogP contribution in [-0.2, 0) is 27.4 Å². The molecule has 5 nitrogen and oxygen atoms in total. The number of hydrogen-bond acceptors (Lipinski definition) is 3. The number of piperazine rings is 1. The number of fused-ring (bicyclic) bond motifs is 5. The molecule has 0 unspecified atom stereocenters.